The van der Waals surface area contributed by atoms with Crippen molar-refractivity contribution in [2.45, 2.75) is 40.7 Å². The number of fused-ring (bicyclic) bond motifs is 3. The van der Waals surface area contributed by atoms with E-state index in [1.807, 2.05) is 29.7 Å². The maximum Gasteiger partial charge on any atom is 0.291 e. The molecule has 8 heteroatoms. The van der Waals surface area contributed by atoms with E-state index in [-0.39, 0.29) is 18.0 Å². The molecule has 0 aliphatic carbocycles. The second kappa shape index (κ2) is 8.22. The van der Waals surface area contributed by atoms with Gasteiger partial charge in [-0.25, -0.2) is 4.68 Å². The van der Waals surface area contributed by atoms with Gasteiger partial charge in [0.1, 0.15) is 17.9 Å². The van der Waals surface area contributed by atoms with Gasteiger partial charge in [-0.3, -0.25) is 14.0 Å². The highest BCUT2D eigenvalue weighted by molar-refractivity contribution is 7.17. The summed E-state index contributed by atoms with van der Waals surface area (Å²) in [5.41, 5.74) is 2.34. The van der Waals surface area contributed by atoms with Gasteiger partial charge < -0.3 is 10.2 Å². The molecule has 1 amide bonds. The third kappa shape index (κ3) is 3.77. The van der Waals surface area contributed by atoms with Crippen LogP contribution in [0.5, 0.6) is 0 Å². The van der Waals surface area contributed by atoms with Gasteiger partial charge in [0.15, 0.2) is 0 Å². The van der Waals surface area contributed by atoms with E-state index < -0.39 is 0 Å². The Morgan fingerprint density at radius 1 is 1.30 bits per heavy atom. The molecule has 3 aromatic heterocycles. The fraction of sp³-hybridized carbons (Fsp3) is 0.526. The zero-order chi connectivity index (χ0) is 19.6. The van der Waals surface area contributed by atoms with E-state index >= 15 is 0 Å². The van der Waals surface area contributed by atoms with Crippen molar-refractivity contribution in [3.8, 4) is 0 Å². The van der Waals surface area contributed by atoms with Crippen LogP contribution in [0.15, 0.2) is 16.2 Å². The molecule has 146 valence electrons. The van der Waals surface area contributed by atoms with Crippen molar-refractivity contribution < 1.29 is 4.79 Å². The van der Waals surface area contributed by atoms with Crippen LogP contribution < -0.4 is 10.9 Å². The standard InChI is InChI=1S/C19H27N5O2S/c1-5-22(6-2)10-7-9-20-16(25)12-23-19(26)17-13(3)18-15(8-11-27-18)24(17)14(4)21-23/h8,11H,5-7,9-10,12H2,1-4H3,(H,20,25). The summed E-state index contributed by atoms with van der Waals surface area (Å²) in [5, 5.41) is 9.28. The summed E-state index contributed by atoms with van der Waals surface area (Å²) >= 11 is 1.62. The summed E-state index contributed by atoms with van der Waals surface area (Å²) in [6.45, 7) is 11.6. The molecule has 0 saturated carbocycles. The second-order valence-electron chi connectivity index (χ2n) is 6.68. The van der Waals surface area contributed by atoms with Gasteiger partial charge in [0.05, 0.1) is 10.2 Å². The fourth-order valence-corrected chi connectivity index (χ4v) is 4.39. The van der Waals surface area contributed by atoms with Crippen LogP contribution >= 0.6 is 11.3 Å². The predicted octanol–water partition coefficient (Wildman–Crippen LogP) is 2.18. The van der Waals surface area contributed by atoms with Crippen LogP contribution in [0, 0.1) is 13.8 Å². The van der Waals surface area contributed by atoms with Gasteiger partial charge in [-0.1, -0.05) is 13.8 Å². The molecule has 1 N–H and O–H groups in total. The normalized spacial score (nSPS) is 11.7. The minimum absolute atomic E-state index is 0.0558. The Morgan fingerprint density at radius 3 is 2.74 bits per heavy atom. The summed E-state index contributed by atoms with van der Waals surface area (Å²) in [7, 11) is 0. The summed E-state index contributed by atoms with van der Waals surface area (Å²) in [6.07, 6.45) is 0.891. The third-order valence-electron chi connectivity index (χ3n) is 4.99. The Kier molecular flexibility index (Phi) is 5.96. The predicted molar refractivity (Wildman–Crippen MR) is 110 cm³/mol. The van der Waals surface area contributed by atoms with Crippen molar-refractivity contribution >= 4 is 33.0 Å². The number of nitrogens with zero attached hydrogens (tertiary/aromatic N) is 4. The lowest BCUT2D eigenvalue weighted by Crippen LogP contribution is -2.36. The van der Waals surface area contributed by atoms with E-state index in [0.717, 1.165) is 41.8 Å². The second-order valence-corrected chi connectivity index (χ2v) is 7.60. The van der Waals surface area contributed by atoms with Gasteiger partial charge in [-0.15, -0.1) is 11.3 Å². The van der Waals surface area contributed by atoms with Crippen LogP contribution in [0.1, 0.15) is 31.7 Å². The van der Waals surface area contributed by atoms with Crippen molar-refractivity contribution in [1.82, 2.24) is 24.4 Å². The molecular formula is C19H27N5O2S. The van der Waals surface area contributed by atoms with Gasteiger partial charge >= 0.3 is 0 Å². The Balaban J connectivity index is 1.74. The van der Waals surface area contributed by atoms with Crippen LogP contribution in [0.4, 0.5) is 0 Å². The third-order valence-corrected chi connectivity index (χ3v) is 6.02. The number of thiophene rings is 1. The molecule has 0 aromatic carbocycles. The minimum atomic E-state index is -0.222. The average molecular weight is 390 g/mol. The lowest BCUT2D eigenvalue weighted by Gasteiger charge is -2.17. The first-order valence-corrected chi connectivity index (χ1v) is 10.3. The summed E-state index contributed by atoms with van der Waals surface area (Å²) < 4.78 is 4.26. The molecule has 3 rings (SSSR count). The molecule has 7 nitrogen and oxygen atoms in total. The van der Waals surface area contributed by atoms with E-state index in [9.17, 15) is 9.59 Å². The van der Waals surface area contributed by atoms with Crippen molar-refractivity contribution in [3.63, 3.8) is 0 Å². The summed E-state index contributed by atoms with van der Waals surface area (Å²) in [5.74, 6) is 0.523. The highest BCUT2D eigenvalue weighted by atomic mass is 32.1. The van der Waals surface area contributed by atoms with Crippen LogP contribution in [-0.4, -0.2) is 51.2 Å². The number of hydrogen-bond donors (Lipinski definition) is 1. The van der Waals surface area contributed by atoms with Gasteiger partial charge in [-0.2, -0.15) is 5.10 Å². The highest BCUT2D eigenvalue weighted by Crippen LogP contribution is 2.29. The quantitative estimate of drug-likeness (QED) is 0.600. The number of aromatic nitrogens is 3. The molecule has 0 atom stereocenters. The smallest absolute Gasteiger partial charge is 0.291 e. The molecular weight excluding hydrogens is 362 g/mol. The molecule has 3 heterocycles. The molecule has 27 heavy (non-hydrogen) atoms. The molecule has 0 saturated heterocycles. The van der Waals surface area contributed by atoms with E-state index in [0.29, 0.717) is 17.9 Å². The average Bonchev–Trinajstić information content (AvgIpc) is 3.22. The van der Waals surface area contributed by atoms with E-state index in [1.54, 1.807) is 11.3 Å². The molecule has 0 spiro atoms. The van der Waals surface area contributed by atoms with Crippen LogP contribution in [0.2, 0.25) is 0 Å². The zero-order valence-electron chi connectivity index (χ0n) is 16.4. The first-order chi connectivity index (χ1) is 13.0. The van der Waals surface area contributed by atoms with Gasteiger partial charge in [0.2, 0.25) is 5.91 Å². The maximum atomic E-state index is 12.9. The topological polar surface area (TPSA) is 71.6 Å². The first-order valence-electron chi connectivity index (χ1n) is 9.42. The number of hydrogen-bond acceptors (Lipinski definition) is 5. The number of carbonyl (C=O) groups excluding carboxylic acids is 1. The number of rotatable bonds is 8. The number of amides is 1. The van der Waals surface area contributed by atoms with Crippen LogP contribution in [0.3, 0.4) is 0 Å². The maximum absolute atomic E-state index is 12.9. The number of aryl methyl sites for hydroxylation is 2. The van der Waals surface area contributed by atoms with Crippen molar-refractivity contribution in [3.05, 3.63) is 33.2 Å². The monoisotopic (exact) mass is 389 g/mol. The molecule has 0 bridgehead atoms. The minimum Gasteiger partial charge on any atom is -0.354 e. The molecule has 0 aliphatic heterocycles. The van der Waals surface area contributed by atoms with Crippen molar-refractivity contribution in [2.75, 3.05) is 26.2 Å². The Morgan fingerprint density at radius 2 is 2.04 bits per heavy atom. The van der Waals surface area contributed by atoms with E-state index in [2.05, 4.69) is 29.2 Å². The van der Waals surface area contributed by atoms with Gasteiger partial charge in [0, 0.05) is 6.54 Å². The Hall–Kier alpha value is -2.19. The lowest BCUT2D eigenvalue weighted by molar-refractivity contribution is -0.121. The Labute approximate surface area is 162 Å². The summed E-state index contributed by atoms with van der Waals surface area (Å²) in [6, 6.07) is 2.00. The van der Waals surface area contributed by atoms with E-state index in [4.69, 9.17) is 0 Å². The van der Waals surface area contributed by atoms with E-state index in [1.165, 1.54) is 4.68 Å². The highest BCUT2D eigenvalue weighted by Gasteiger charge is 2.18. The first kappa shape index (κ1) is 19.6. The molecule has 3 aromatic rings. The SMILES string of the molecule is CCN(CC)CCCNC(=O)Cn1nc(C)n2c(c(C)c3sccc32)c1=O. The largest absolute Gasteiger partial charge is 0.354 e. The van der Waals surface area contributed by atoms with Gasteiger partial charge in [-0.05, 0) is 56.9 Å². The molecule has 0 unspecified atom stereocenters. The Bertz CT molecular complexity index is 1010. The number of nitrogens with one attached hydrogen (secondary N) is 1. The van der Waals surface area contributed by atoms with Crippen molar-refractivity contribution in [2.24, 2.45) is 0 Å². The van der Waals surface area contributed by atoms with Crippen LogP contribution in [-0.2, 0) is 11.3 Å². The summed E-state index contributed by atoms with van der Waals surface area (Å²) in [4.78, 5) is 27.5. The van der Waals surface area contributed by atoms with Crippen molar-refractivity contribution in [1.29, 1.82) is 0 Å². The van der Waals surface area contributed by atoms with Gasteiger partial charge in [0.25, 0.3) is 5.56 Å². The molecule has 0 aliphatic rings. The molecule has 0 radical (unpaired) electrons. The zero-order valence-corrected chi connectivity index (χ0v) is 17.2. The number of carbonyl (C=O) groups is 1. The van der Waals surface area contributed by atoms with Crippen LogP contribution in [0.25, 0.3) is 15.7 Å². The molecule has 0 fully saturated rings. The fourth-order valence-electron chi connectivity index (χ4n) is 3.50. The lowest BCUT2D eigenvalue weighted by atomic mass is 10.3.